The summed E-state index contributed by atoms with van der Waals surface area (Å²) in [6.07, 6.45) is -1.97. The average molecular weight is 366 g/mol. The lowest BCUT2D eigenvalue weighted by molar-refractivity contribution is -0.150. The van der Waals surface area contributed by atoms with E-state index in [9.17, 15) is 26.4 Å². The maximum absolute atomic E-state index is 11.7. The summed E-state index contributed by atoms with van der Waals surface area (Å²) >= 11 is 0. The van der Waals surface area contributed by atoms with E-state index >= 15 is 0 Å². The van der Waals surface area contributed by atoms with Crippen molar-refractivity contribution < 1.29 is 55.2 Å². The summed E-state index contributed by atoms with van der Waals surface area (Å²) in [5, 5.41) is 16.9. The predicted octanol–water partition coefficient (Wildman–Crippen LogP) is -2.51. The van der Waals surface area contributed by atoms with Crippen LogP contribution in [0.25, 0.3) is 0 Å². The second kappa shape index (κ2) is 7.80. The van der Waals surface area contributed by atoms with Crippen molar-refractivity contribution in [3.05, 3.63) is 0 Å². The molecule has 0 rings (SSSR count). The van der Waals surface area contributed by atoms with E-state index in [2.05, 4.69) is 9.47 Å². The summed E-state index contributed by atoms with van der Waals surface area (Å²) in [7, 11) is -11.8. The Kier molecular flexibility index (Phi) is 7.33. The summed E-state index contributed by atoms with van der Waals surface area (Å²) in [6.45, 7) is -1.63. The third-order valence-electron chi connectivity index (χ3n) is 2.22. The van der Waals surface area contributed by atoms with Gasteiger partial charge in [0.25, 0.3) is 20.2 Å². The number of ether oxygens (including phenoxy) is 2. The zero-order valence-electron chi connectivity index (χ0n) is 10.9. The molecule has 12 nitrogen and oxygen atoms in total. The van der Waals surface area contributed by atoms with E-state index in [1.54, 1.807) is 0 Å². The molecule has 4 N–H and O–H groups in total. The normalized spacial score (nSPS) is 12.9. The molecule has 0 aliphatic carbocycles. The molecule has 0 bridgehead atoms. The maximum atomic E-state index is 11.7. The monoisotopic (exact) mass is 366 g/mol. The first-order valence-electron chi connectivity index (χ1n) is 5.42. The quantitative estimate of drug-likeness (QED) is 0.180. The van der Waals surface area contributed by atoms with Gasteiger partial charge in [0.1, 0.15) is 6.61 Å². The zero-order valence-corrected chi connectivity index (χ0v) is 12.5. The Balaban J connectivity index is 5.50. The fourth-order valence-corrected chi connectivity index (χ4v) is 3.48. The first-order valence-corrected chi connectivity index (χ1v) is 8.30. The Morgan fingerprint density at radius 2 is 1.45 bits per heavy atom. The predicted molar refractivity (Wildman–Crippen MR) is 66.9 cm³/mol. The van der Waals surface area contributed by atoms with E-state index in [1.165, 1.54) is 0 Å². The lowest BCUT2D eigenvalue weighted by atomic mass is 10.3. The van der Waals surface area contributed by atoms with Crippen LogP contribution in [-0.4, -0.2) is 78.6 Å². The van der Waals surface area contributed by atoms with E-state index in [0.717, 1.165) is 0 Å². The summed E-state index contributed by atoms with van der Waals surface area (Å²) in [5.74, 6) is -4.31. The molecule has 0 aromatic carbocycles. The number of aliphatic hydroxyl groups excluding tert-OH is 1. The molecule has 0 amide bonds. The molecule has 130 valence electrons. The second-order valence-electron chi connectivity index (χ2n) is 3.75. The average Bonchev–Trinajstić information content (AvgIpc) is 2.32. The van der Waals surface area contributed by atoms with Gasteiger partial charge >= 0.3 is 16.0 Å². The standard InChI is InChI=1S/C8H14O12S2/c9-1-2-19-3-4-20-7(12)8(5-6(10)11,21(13,14)15)22(16,17)18/h9H,1-5H2,(H,10,11)(H,13,14,15)(H,16,17,18). The van der Waals surface area contributed by atoms with Gasteiger partial charge in [-0.15, -0.1) is 0 Å². The molecule has 0 fully saturated rings. The van der Waals surface area contributed by atoms with Crippen molar-refractivity contribution in [1.82, 2.24) is 0 Å². The molecule has 0 aromatic heterocycles. The van der Waals surface area contributed by atoms with Gasteiger partial charge < -0.3 is 19.7 Å². The van der Waals surface area contributed by atoms with Crippen LogP contribution in [0.4, 0.5) is 0 Å². The number of carbonyl (C=O) groups is 2. The SMILES string of the molecule is O=C(O)CC(C(=O)OCCOCCO)(S(=O)(=O)O)S(=O)(=O)O. The number of hydrogen-bond acceptors (Lipinski definition) is 9. The molecular weight excluding hydrogens is 352 g/mol. The molecule has 0 aromatic rings. The molecule has 0 heterocycles. The van der Waals surface area contributed by atoms with Crippen molar-refractivity contribution in [2.75, 3.05) is 26.4 Å². The van der Waals surface area contributed by atoms with Crippen LogP contribution in [0, 0.1) is 0 Å². The Bertz CT molecular complexity index is 571. The van der Waals surface area contributed by atoms with E-state index in [1.807, 2.05) is 0 Å². The van der Waals surface area contributed by atoms with Gasteiger partial charge in [0, 0.05) is 0 Å². The second-order valence-corrected chi connectivity index (χ2v) is 7.30. The third kappa shape index (κ3) is 4.85. The van der Waals surface area contributed by atoms with E-state index < -0.39 is 49.3 Å². The van der Waals surface area contributed by atoms with Gasteiger partial charge in [0.2, 0.25) is 0 Å². The fraction of sp³-hybridized carbons (Fsp3) is 0.750. The molecule has 14 heteroatoms. The number of carboxylic acids is 1. The van der Waals surface area contributed by atoms with Crippen LogP contribution < -0.4 is 0 Å². The van der Waals surface area contributed by atoms with Gasteiger partial charge in [0.15, 0.2) is 0 Å². The van der Waals surface area contributed by atoms with Crippen LogP contribution in [0.3, 0.4) is 0 Å². The first-order chi connectivity index (χ1) is 9.90. The van der Waals surface area contributed by atoms with Crippen LogP contribution >= 0.6 is 0 Å². The summed E-state index contributed by atoms with van der Waals surface area (Å²) < 4.78 is 67.4. The van der Waals surface area contributed by atoms with Gasteiger partial charge in [-0.3, -0.25) is 13.9 Å². The highest BCUT2D eigenvalue weighted by Crippen LogP contribution is 2.29. The smallest absolute Gasteiger partial charge is 0.349 e. The van der Waals surface area contributed by atoms with E-state index in [4.69, 9.17) is 19.3 Å². The molecular formula is C8H14O12S2. The number of carbonyl (C=O) groups excluding carboxylic acids is 1. The van der Waals surface area contributed by atoms with Crippen molar-refractivity contribution in [1.29, 1.82) is 0 Å². The van der Waals surface area contributed by atoms with E-state index in [0.29, 0.717) is 0 Å². The third-order valence-corrected chi connectivity index (χ3v) is 5.78. The molecule has 0 radical (unpaired) electrons. The molecule has 0 saturated heterocycles. The minimum atomic E-state index is -5.90. The van der Waals surface area contributed by atoms with Crippen LogP contribution in [0.5, 0.6) is 0 Å². The van der Waals surface area contributed by atoms with Gasteiger partial charge in [-0.25, -0.2) is 4.79 Å². The molecule has 0 aliphatic rings. The molecule has 0 spiro atoms. The minimum Gasteiger partial charge on any atom is -0.481 e. The Morgan fingerprint density at radius 1 is 0.955 bits per heavy atom. The van der Waals surface area contributed by atoms with Crippen molar-refractivity contribution in [2.24, 2.45) is 0 Å². The molecule has 0 atom stereocenters. The molecule has 0 unspecified atom stereocenters. The number of hydrogen-bond donors (Lipinski definition) is 4. The summed E-state index contributed by atoms with van der Waals surface area (Å²) in [6, 6.07) is 0. The van der Waals surface area contributed by atoms with Gasteiger partial charge in [0.05, 0.1) is 26.2 Å². The van der Waals surface area contributed by atoms with Crippen LogP contribution in [0.1, 0.15) is 6.42 Å². The first kappa shape index (κ1) is 20.7. The van der Waals surface area contributed by atoms with Gasteiger partial charge in [-0.1, -0.05) is 0 Å². The van der Waals surface area contributed by atoms with E-state index in [-0.39, 0.29) is 19.8 Å². The van der Waals surface area contributed by atoms with Crippen molar-refractivity contribution in [3.8, 4) is 0 Å². The van der Waals surface area contributed by atoms with Gasteiger partial charge in [-0.2, -0.15) is 16.8 Å². The fourth-order valence-electron chi connectivity index (χ4n) is 1.27. The highest BCUT2D eigenvalue weighted by atomic mass is 32.3. The molecule has 0 aliphatic heterocycles. The molecule has 22 heavy (non-hydrogen) atoms. The van der Waals surface area contributed by atoms with Crippen molar-refractivity contribution >= 4 is 32.2 Å². The Hall–Kier alpha value is -1.32. The summed E-state index contributed by atoms with van der Waals surface area (Å²) in [5.41, 5.74) is 0. The highest BCUT2D eigenvalue weighted by molar-refractivity contribution is 8.06. The van der Waals surface area contributed by atoms with Gasteiger partial charge in [-0.05, 0) is 0 Å². The van der Waals surface area contributed by atoms with Crippen molar-refractivity contribution in [2.45, 2.75) is 10.5 Å². The number of rotatable bonds is 10. The molecule has 0 saturated carbocycles. The Morgan fingerprint density at radius 3 is 1.82 bits per heavy atom. The van der Waals surface area contributed by atoms with Crippen molar-refractivity contribution in [3.63, 3.8) is 0 Å². The maximum Gasteiger partial charge on any atom is 0.349 e. The lowest BCUT2D eigenvalue weighted by Crippen LogP contribution is -2.55. The van der Waals surface area contributed by atoms with Crippen LogP contribution in [0.2, 0.25) is 0 Å². The number of carboxylic acid groups (broad SMARTS) is 1. The Labute approximate surface area is 125 Å². The number of aliphatic hydroxyl groups is 1. The summed E-state index contributed by atoms with van der Waals surface area (Å²) in [4.78, 5) is 22.3. The number of aliphatic carboxylic acids is 1. The highest BCUT2D eigenvalue weighted by Gasteiger charge is 2.64. The largest absolute Gasteiger partial charge is 0.481 e. The zero-order chi connectivity index (χ0) is 17.6. The topological polar surface area (TPSA) is 202 Å². The van der Waals surface area contributed by atoms with Crippen LogP contribution in [-0.2, 0) is 39.3 Å². The minimum absolute atomic E-state index is 0.158. The lowest BCUT2D eigenvalue weighted by Gasteiger charge is -2.23. The van der Waals surface area contributed by atoms with Crippen LogP contribution in [0.15, 0.2) is 0 Å². The number of esters is 1.